The molecule has 0 aromatic heterocycles. The molecule has 6 heteroatoms. The number of rotatable bonds is 8. The van der Waals surface area contributed by atoms with Crippen LogP contribution in [0.4, 0.5) is 5.69 Å². The first-order valence-electron chi connectivity index (χ1n) is 10.3. The van der Waals surface area contributed by atoms with E-state index in [2.05, 4.69) is 52.3 Å². The van der Waals surface area contributed by atoms with Gasteiger partial charge in [0, 0.05) is 31.2 Å². The molecule has 2 aromatic rings. The summed E-state index contributed by atoms with van der Waals surface area (Å²) >= 11 is 0. The molecular formula is C23H30N2O4. The predicted octanol–water partition coefficient (Wildman–Crippen LogP) is 2.98. The molecule has 0 spiro atoms. The fourth-order valence-electron chi connectivity index (χ4n) is 3.82. The molecule has 2 fully saturated rings. The van der Waals surface area contributed by atoms with Gasteiger partial charge in [0.25, 0.3) is 0 Å². The summed E-state index contributed by atoms with van der Waals surface area (Å²) in [6.45, 7) is 5.70. The molecule has 0 N–H and O–H groups in total. The van der Waals surface area contributed by atoms with Crippen molar-refractivity contribution in [2.24, 2.45) is 5.92 Å². The van der Waals surface area contributed by atoms with E-state index in [0.717, 1.165) is 38.3 Å². The quantitative estimate of drug-likeness (QED) is 0.637. The predicted molar refractivity (Wildman–Crippen MR) is 112 cm³/mol. The van der Waals surface area contributed by atoms with Crippen LogP contribution < -0.4 is 9.64 Å². The molecule has 0 bridgehead atoms. The highest BCUT2D eigenvalue weighted by molar-refractivity contribution is 5.46. The fraction of sp³-hybridized carbons (Fsp3) is 0.478. The summed E-state index contributed by atoms with van der Waals surface area (Å²) in [5.74, 6) is 1.21. The smallest absolute Gasteiger partial charge is 0.128 e. The molecule has 1 atom stereocenters. The van der Waals surface area contributed by atoms with Crippen molar-refractivity contribution in [2.75, 3.05) is 58.0 Å². The minimum absolute atomic E-state index is 0.0582. The Morgan fingerprint density at radius 1 is 0.966 bits per heavy atom. The summed E-state index contributed by atoms with van der Waals surface area (Å²) in [7, 11) is 1.70. The second-order valence-corrected chi connectivity index (χ2v) is 7.64. The SMILES string of the molecule is COc1ccc(CCN2CCN(c3ccccc3)CC2OCC2COOC2)cc1. The van der Waals surface area contributed by atoms with E-state index in [9.17, 15) is 0 Å². The van der Waals surface area contributed by atoms with Gasteiger partial charge in [-0.25, -0.2) is 9.78 Å². The van der Waals surface area contributed by atoms with Crippen molar-refractivity contribution >= 4 is 5.69 Å². The van der Waals surface area contributed by atoms with E-state index in [1.165, 1.54) is 11.3 Å². The van der Waals surface area contributed by atoms with Crippen LogP contribution in [0.2, 0.25) is 0 Å². The minimum Gasteiger partial charge on any atom is -0.497 e. The first kappa shape index (κ1) is 20.2. The van der Waals surface area contributed by atoms with Gasteiger partial charge in [0.15, 0.2) is 0 Å². The van der Waals surface area contributed by atoms with Crippen LogP contribution >= 0.6 is 0 Å². The third-order valence-electron chi connectivity index (χ3n) is 5.62. The fourth-order valence-corrected chi connectivity index (χ4v) is 3.82. The zero-order valence-corrected chi connectivity index (χ0v) is 17.0. The third-order valence-corrected chi connectivity index (χ3v) is 5.62. The van der Waals surface area contributed by atoms with Crippen LogP contribution in [0.25, 0.3) is 0 Å². The lowest BCUT2D eigenvalue weighted by Gasteiger charge is -2.42. The molecule has 0 aliphatic carbocycles. The number of nitrogens with zero attached hydrogens (tertiary/aromatic N) is 2. The number of hydrogen-bond donors (Lipinski definition) is 0. The Labute approximate surface area is 172 Å². The number of benzene rings is 2. The van der Waals surface area contributed by atoms with Gasteiger partial charge < -0.3 is 14.4 Å². The summed E-state index contributed by atoms with van der Waals surface area (Å²) in [6.07, 6.45) is 1.05. The summed E-state index contributed by atoms with van der Waals surface area (Å²) in [5, 5.41) is 0. The van der Waals surface area contributed by atoms with E-state index in [1.54, 1.807) is 7.11 Å². The monoisotopic (exact) mass is 398 g/mol. The standard InChI is InChI=1S/C23H30N2O4/c1-26-22-9-7-19(8-10-22)11-12-24-13-14-25(21-5-3-2-4-6-21)15-23(24)27-16-20-17-28-29-18-20/h2-10,20,23H,11-18H2,1H3. The Balaban J connectivity index is 1.37. The maximum atomic E-state index is 6.36. The summed E-state index contributed by atoms with van der Waals surface area (Å²) < 4.78 is 11.6. The lowest BCUT2D eigenvalue weighted by atomic mass is 10.1. The van der Waals surface area contributed by atoms with Crippen molar-refractivity contribution in [1.29, 1.82) is 0 Å². The van der Waals surface area contributed by atoms with Crippen molar-refractivity contribution in [2.45, 2.75) is 12.6 Å². The topological polar surface area (TPSA) is 43.4 Å². The molecule has 2 aromatic carbocycles. The molecule has 2 saturated heterocycles. The first-order chi connectivity index (χ1) is 14.3. The summed E-state index contributed by atoms with van der Waals surface area (Å²) in [4.78, 5) is 14.9. The number of hydrogen-bond acceptors (Lipinski definition) is 6. The van der Waals surface area contributed by atoms with E-state index in [4.69, 9.17) is 19.2 Å². The van der Waals surface area contributed by atoms with Crippen molar-refractivity contribution in [3.63, 3.8) is 0 Å². The van der Waals surface area contributed by atoms with Gasteiger partial charge in [-0.15, -0.1) is 0 Å². The summed E-state index contributed by atoms with van der Waals surface area (Å²) in [6, 6.07) is 18.9. The normalized spacial score (nSPS) is 20.9. The van der Waals surface area contributed by atoms with Crippen LogP contribution in [0.15, 0.2) is 54.6 Å². The van der Waals surface area contributed by atoms with Crippen molar-refractivity contribution in [3.8, 4) is 5.75 Å². The van der Waals surface area contributed by atoms with E-state index < -0.39 is 0 Å². The molecular weight excluding hydrogens is 368 g/mol. The second-order valence-electron chi connectivity index (χ2n) is 7.64. The van der Waals surface area contributed by atoms with Crippen molar-refractivity contribution in [3.05, 3.63) is 60.2 Å². The Morgan fingerprint density at radius 3 is 2.45 bits per heavy atom. The highest BCUT2D eigenvalue weighted by atomic mass is 17.2. The Hall–Kier alpha value is -2.12. The maximum absolute atomic E-state index is 6.36. The first-order valence-corrected chi connectivity index (χ1v) is 10.3. The largest absolute Gasteiger partial charge is 0.497 e. The van der Waals surface area contributed by atoms with Gasteiger partial charge in [0.2, 0.25) is 0 Å². The molecule has 0 radical (unpaired) electrons. The molecule has 2 aliphatic rings. The maximum Gasteiger partial charge on any atom is 0.128 e. The van der Waals surface area contributed by atoms with Gasteiger partial charge in [-0.1, -0.05) is 30.3 Å². The molecule has 156 valence electrons. The number of para-hydroxylation sites is 1. The van der Waals surface area contributed by atoms with E-state index in [-0.39, 0.29) is 6.23 Å². The Morgan fingerprint density at radius 2 is 1.72 bits per heavy atom. The molecule has 0 amide bonds. The van der Waals surface area contributed by atoms with Crippen LogP contribution in [0.3, 0.4) is 0 Å². The lowest BCUT2D eigenvalue weighted by molar-refractivity contribution is -0.248. The number of anilines is 1. The number of piperazine rings is 1. The second kappa shape index (κ2) is 10.1. The number of methoxy groups -OCH3 is 1. The zero-order valence-electron chi connectivity index (χ0n) is 17.0. The van der Waals surface area contributed by atoms with Gasteiger partial charge in [0.1, 0.15) is 12.0 Å². The molecule has 2 aliphatic heterocycles. The van der Waals surface area contributed by atoms with Crippen LogP contribution in [-0.4, -0.2) is 64.2 Å². The Bertz CT molecular complexity index is 734. The van der Waals surface area contributed by atoms with Gasteiger partial charge >= 0.3 is 0 Å². The summed E-state index contributed by atoms with van der Waals surface area (Å²) in [5.41, 5.74) is 2.57. The average molecular weight is 399 g/mol. The zero-order chi connectivity index (χ0) is 19.9. The average Bonchev–Trinajstić information content (AvgIpc) is 3.31. The molecule has 0 saturated carbocycles. The molecule has 1 unspecified atom stereocenters. The van der Waals surface area contributed by atoms with Crippen LogP contribution in [0.5, 0.6) is 5.75 Å². The van der Waals surface area contributed by atoms with E-state index in [1.807, 2.05) is 12.1 Å². The van der Waals surface area contributed by atoms with E-state index >= 15 is 0 Å². The van der Waals surface area contributed by atoms with Crippen LogP contribution in [0.1, 0.15) is 5.56 Å². The molecule has 4 rings (SSSR count). The molecule has 29 heavy (non-hydrogen) atoms. The lowest BCUT2D eigenvalue weighted by Crippen LogP contribution is -2.55. The highest BCUT2D eigenvalue weighted by Gasteiger charge is 2.29. The Kier molecular flexibility index (Phi) is 7.00. The highest BCUT2D eigenvalue weighted by Crippen LogP contribution is 2.21. The third kappa shape index (κ3) is 5.48. The molecule has 6 nitrogen and oxygen atoms in total. The van der Waals surface area contributed by atoms with Gasteiger partial charge in [0.05, 0.1) is 33.5 Å². The minimum atomic E-state index is 0.0582. The number of ether oxygens (including phenoxy) is 2. The van der Waals surface area contributed by atoms with Crippen LogP contribution in [0, 0.1) is 5.92 Å². The molecule has 2 heterocycles. The van der Waals surface area contributed by atoms with Gasteiger partial charge in [-0.3, -0.25) is 4.90 Å². The van der Waals surface area contributed by atoms with Gasteiger partial charge in [-0.05, 0) is 36.2 Å². The van der Waals surface area contributed by atoms with Crippen molar-refractivity contribution in [1.82, 2.24) is 4.90 Å². The van der Waals surface area contributed by atoms with Crippen molar-refractivity contribution < 1.29 is 19.2 Å². The van der Waals surface area contributed by atoms with Crippen LogP contribution in [-0.2, 0) is 20.9 Å². The van der Waals surface area contributed by atoms with E-state index in [0.29, 0.717) is 25.7 Å². The van der Waals surface area contributed by atoms with Gasteiger partial charge in [-0.2, -0.15) is 0 Å².